The summed E-state index contributed by atoms with van der Waals surface area (Å²) in [5.74, 6) is 0.316. The summed E-state index contributed by atoms with van der Waals surface area (Å²) < 4.78 is 13.4. The number of halogens is 1. The lowest BCUT2D eigenvalue weighted by Crippen LogP contribution is -2.10. The van der Waals surface area contributed by atoms with Crippen molar-refractivity contribution >= 4 is 0 Å². The summed E-state index contributed by atoms with van der Waals surface area (Å²) in [5.41, 5.74) is 1.49. The van der Waals surface area contributed by atoms with Crippen molar-refractivity contribution in [2.45, 2.75) is 20.3 Å². The molecule has 2 aromatic rings. The average molecular weight is 232 g/mol. The molecule has 1 aromatic carbocycles. The van der Waals surface area contributed by atoms with Gasteiger partial charge in [-0.15, -0.1) is 0 Å². The Balaban J connectivity index is 2.55. The van der Waals surface area contributed by atoms with E-state index in [2.05, 4.69) is 9.97 Å². The summed E-state index contributed by atoms with van der Waals surface area (Å²) in [5, 5.41) is 0. The summed E-state index contributed by atoms with van der Waals surface area (Å²) in [6.07, 6.45) is 0.636. The fourth-order valence-corrected chi connectivity index (χ4v) is 1.58. The molecule has 0 aliphatic carbocycles. The van der Waals surface area contributed by atoms with Crippen molar-refractivity contribution < 1.29 is 4.39 Å². The first-order chi connectivity index (χ1) is 8.10. The Hall–Kier alpha value is -1.97. The Morgan fingerprint density at radius 1 is 1.35 bits per heavy atom. The molecular weight excluding hydrogens is 219 g/mol. The van der Waals surface area contributed by atoms with Gasteiger partial charge in [0.1, 0.15) is 11.6 Å². The van der Waals surface area contributed by atoms with E-state index in [0.29, 0.717) is 29.1 Å². The number of rotatable bonds is 2. The smallest absolute Gasteiger partial charge is 0.251 e. The Bertz CT molecular complexity index is 605. The third kappa shape index (κ3) is 2.41. The largest absolute Gasteiger partial charge is 0.311 e. The molecule has 0 unspecified atom stereocenters. The molecule has 0 saturated carbocycles. The minimum atomic E-state index is -0.289. The predicted molar refractivity (Wildman–Crippen MR) is 64.4 cm³/mol. The molecule has 1 N–H and O–H groups in total. The number of hydrogen-bond donors (Lipinski definition) is 1. The van der Waals surface area contributed by atoms with Crippen molar-refractivity contribution in [3.8, 4) is 11.3 Å². The Labute approximate surface area is 98.3 Å². The van der Waals surface area contributed by atoms with E-state index in [0.717, 1.165) is 0 Å². The predicted octanol–water partition coefficient (Wildman–Crippen LogP) is 2.45. The monoisotopic (exact) mass is 232 g/mol. The van der Waals surface area contributed by atoms with E-state index in [9.17, 15) is 9.18 Å². The molecule has 0 aliphatic rings. The summed E-state index contributed by atoms with van der Waals surface area (Å²) >= 11 is 0. The molecular formula is C13H13FN2O. The Kier molecular flexibility index (Phi) is 3.04. The molecule has 1 aromatic heterocycles. The molecule has 1 heterocycles. The van der Waals surface area contributed by atoms with Crippen LogP contribution in [0.15, 0.2) is 29.1 Å². The molecule has 0 aliphatic heterocycles. The number of H-pyrrole nitrogens is 1. The van der Waals surface area contributed by atoms with Gasteiger partial charge in [-0.1, -0.05) is 19.1 Å². The number of benzene rings is 1. The molecule has 0 atom stereocenters. The maximum absolute atomic E-state index is 13.4. The van der Waals surface area contributed by atoms with Gasteiger partial charge in [-0.3, -0.25) is 4.79 Å². The first-order valence-electron chi connectivity index (χ1n) is 5.47. The number of hydrogen-bond acceptors (Lipinski definition) is 2. The van der Waals surface area contributed by atoms with E-state index in [1.54, 1.807) is 19.1 Å². The number of aryl methyl sites for hydroxylation is 2. The second-order valence-corrected chi connectivity index (χ2v) is 3.89. The van der Waals surface area contributed by atoms with Crippen LogP contribution in [0, 0.1) is 12.7 Å². The van der Waals surface area contributed by atoms with Crippen LogP contribution in [0.25, 0.3) is 11.3 Å². The van der Waals surface area contributed by atoms with E-state index in [-0.39, 0.29) is 11.4 Å². The van der Waals surface area contributed by atoms with Crippen LogP contribution in [0.2, 0.25) is 0 Å². The lowest BCUT2D eigenvalue weighted by Gasteiger charge is -2.04. The van der Waals surface area contributed by atoms with Gasteiger partial charge in [-0.25, -0.2) is 9.37 Å². The molecule has 2 rings (SSSR count). The highest BCUT2D eigenvalue weighted by Gasteiger charge is 2.05. The van der Waals surface area contributed by atoms with Gasteiger partial charge >= 0.3 is 0 Å². The summed E-state index contributed by atoms with van der Waals surface area (Å²) in [4.78, 5) is 18.3. The van der Waals surface area contributed by atoms with Gasteiger partial charge < -0.3 is 4.98 Å². The van der Waals surface area contributed by atoms with E-state index < -0.39 is 0 Å². The minimum Gasteiger partial charge on any atom is -0.311 e. The molecule has 0 saturated heterocycles. The van der Waals surface area contributed by atoms with Gasteiger partial charge in [0.25, 0.3) is 5.56 Å². The van der Waals surface area contributed by atoms with Crippen molar-refractivity contribution in [2.24, 2.45) is 0 Å². The van der Waals surface area contributed by atoms with Crippen LogP contribution < -0.4 is 5.56 Å². The maximum atomic E-state index is 13.4. The zero-order chi connectivity index (χ0) is 12.4. The van der Waals surface area contributed by atoms with Gasteiger partial charge in [0.15, 0.2) is 0 Å². The zero-order valence-corrected chi connectivity index (χ0v) is 9.75. The quantitative estimate of drug-likeness (QED) is 0.864. The Morgan fingerprint density at radius 3 is 2.76 bits per heavy atom. The fraction of sp³-hybridized carbons (Fsp3) is 0.231. The molecule has 0 spiro atoms. The third-order valence-electron chi connectivity index (χ3n) is 2.59. The lowest BCUT2D eigenvalue weighted by molar-refractivity contribution is 0.619. The van der Waals surface area contributed by atoms with E-state index in [4.69, 9.17) is 0 Å². The van der Waals surface area contributed by atoms with Crippen molar-refractivity contribution in [1.29, 1.82) is 0 Å². The molecule has 0 amide bonds. The van der Waals surface area contributed by atoms with E-state index in [1.807, 2.05) is 6.92 Å². The van der Waals surface area contributed by atoms with E-state index in [1.165, 1.54) is 12.1 Å². The van der Waals surface area contributed by atoms with E-state index >= 15 is 0 Å². The Morgan fingerprint density at radius 2 is 2.12 bits per heavy atom. The van der Waals surface area contributed by atoms with Crippen molar-refractivity contribution in [3.05, 3.63) is 51.8 Å². The first kappa shape index (κ1) is 11.5. The van der Waals surface area contributed by atoms with Gasteiger partial charge in [0.05, 0.1) is 5.69 Å². The second kappa shape index (κ2) is 4.49. The number of aromatic amines is 1. The van der Waals surface area contributed by atoms with Crippen molar-refractivity contribution in [3.63, 3.8) is 0 Å². The lowest BCUT2D eigenvalue weighted by atomic mass is 10.1. The molecule has 17 heavy (non-hydrogen) atoms. The van der Waals surface area contributed by atoms with Crippen LogP contribution in [0.3, 0.4) is 0 Å². The second-order valence-electron chi connectivity index (χ2n) is 3.89. The molecule has 0 fully saturated rings. The van der Waals surface area contributed by atoms with Crippen molar-refractivity contribution in [2.75, 3.05) is 0 Å². The maximum Gasteiger partial charge on any atom is 0.251 e. The van der Waals surface area contributed by atoms with Crippen LogP contribution in [0.1, 0.15) is 18.3 Å². The summed E-state index contributed by atoms with van der Waals surface area (Å²) in [6.45, 7) is 3.60. The van der Waals surface area contributed by atoms with Crippen LogP contribution in [-0.4, -0.2) is 9.97 Å². The van der Waals surface area contributed by atoms with Gasteiger partial charge in [-0.05, 0) is 18.6 Å². The number of nitrogens with zero attached hydrogens (tertiary/aromatic N) is 1. The normalized spacial score (nSPS) is 10.5. The number of aromatic nitrogens is 2. The SMILES string of the molecule is CCc1nc(-c2ccc(C)c(F)c2)cc(=O)[nH]1. The fourth-order valence-electron chi connectivity index (χ4n) is 1.58. The summed E-state index contributed by atoms with van der Waals surface area (Å²) in [7, 11) is 0. The van der Waals surface area contributed by atoms with Crippen LogP contribution in [0.5, 0.6) is 0 Å². The average Bonchev–Trinajstić information content (AvgIpc) is 2.32. The van der Waals surface area contributed by atoms with Crippen LogP contribution in [0.4, 0.5) is 4.39 Å². The minimum absolute atomic E-state index is 0.215. The van der Waals surface area contributed by atoms with Crippen LogP contribution >= 0.6 is 0 Å². The molecule has 4 heteroatoms. The third-order valence-corrected chi connectivity index (χ3v) is 2.59. The standard InChI is InChI=1S/C13H13FN2O/c1-3-12-15-11(7-13(17)16-12)9-5-4-8(2)10(14)6-9/h4-7H,3H2,1-2H3,(H,15,16,17). The van der Waals surface area contributed by atoms with Crippen molar-refractivity contribution in [1.82, 2.24) is 9.97 Å². The number of nitrogens with one attached hydrogen (secondary N) is 1. The zero-order valence-electron chi connectivity index (χ0n) is 9.75. The summed E-state index contributed by atoms with van der Waals surface area (Å²) in [6, 6.07) is 6.22. The topological polar surface area (TPSA) is 45.8 Å². The first-order valence-corrected chi connectivity index (χ1v) is 5.47. The van der Waals surface area contributed by atoms with Crippen LogP contribution in [-0.2, 0) is 6.42 Å². The van der Waals surface area contributed by atoms with Gasteiger partial charge in [0.2, 0.25) is 0 Å². The van der Waals surface area contributed by atoms with Gasteiger partial charge in [0, 0.05) is 18.1 Å². The van der Waals surface area contributed by atoms with Gasteiger partial charge in [-0.2, -0.15) is 0 Å². The highest BCUT2D eigenvalue weighted by Crippen LogP contribution is 2.18. The highest BCUT2D eigenvalue weighted by atomic mass is 19.1. The molecule has 0 radical (unpaired) electrons. The molecule has 88 valence electrons. The highest BCUT2D eigenvalue weighted by molar-refractivity contribution is 5.59. The molecule has 3 nitrogen and oxygen atoms in total. The molecule has 0 bridgehead atoms.